The molecule has 1 saturated heterocycles. The molecule has 2 aromatic carbocycles. The molecule has 4 nitrogen and oxygen atoms in total. The van der Waals surface area contributed by atoms with Gasteiger partial charge in [0.15, 0.2) is 0 Å². The van der Waals surface area contributed by atoms with Crippen LogP contribution in [-0.2, 0) is 4.79 Å². The first kappa shape index (κ1) is 16.5. The number of ether oxygens (including phenoxy) is 1. The van der Waals surface area contributed by atoms with E-state index in [1.165, 1.54) is 24.8 Å². The Balaban J connectivity index is 1.52. The Labute approximate surface area is 143 Å². The van der Waals surface area contributed by atoms with Gasteiger partial charge < -0.3 is 10.1 Å². The molecule has 1 fully saturated rings. The molecule has 1 aliphatic heterocycles. The van der Waals surface area contributed by atoms with Gasteiger partial charge in [0.05, 0.1) is 6.54 Å². The van der Waals surface area contributed by atoms with Crippen LogP contribution in [0.2, 0.25) is 0 Å². The first-order valence-corrected chi connectivity index (χ1v) is 8.56. The third kappa shape index (κ3) is 4.83. The van der Waals surface area contributed by atoms with E-state index in [0.29, 0.717) is 6.54 Å². The van der Waals surface area contributed by atoms with Crippen molar-refractivity contribution in [3.8, 4) is 11.5 Å². The molecule has 1 heterocycles. The second-order valence-corrected chi connectivity index (χ2v) is 6.32. The summed E-state index contributed by atoms with van der Waals surface area (Å²) in [6.07, 6.45) is 3.66. The maximum Gasteiger partial charge on any atom is 0.238 e. The van der Waals surface area contributed by atoms with Crippen molar-refractivity contribution in [2.75, 3.05) is 25.0 Å². The van der Waals surface area contributed by atoms with Crippen molar-refractivity contribution in [1.82, 2.24) is 4.90 Å². The maximum atomic E-state index is 12.1. The first-order chi connectivity index (χ1) is 11.7. The number of carbonyl (C=O) groups is 1. The summed E-state index contributed by atoms with van der Waals surface area (Å²) >= 11 is 0. The lowest BCUT2D eigenvalue weighted by Gasteiger charge is -2.25. The number of hydrogen-bond donors (Lipinski definition) is 1. The topological polar surface area (TPSA) is 41.6 Å². The summed E-state index contributed by atoms with van der Waals surface area (Å²) < 4.78 is 5.79. The Hall–Kier alpha value is -2.33. The number of hydrogen-bond acceptors (Lipinski definition) is 3. The van der Waals surface area contributed by atoms with Gasteiger partial charge in [-0.25, -0.2) is 0 Å². The van der Waals surface area contributed by atoms with E-state index in [1.807, 2.05) is 55.5 Å². The Morgan fingerprint density at radius 3 is 2.17 bits per heavy atom. The fourth-order valence-corrected chi connectivity index (χ4v) is 2.87. The molecule has 2 aromatic rings. The number of nitrogens with one attached hydrogen (secondary N) is 1. The molecule has 1 N–H and O–H groups in total. The van der Waals surface area contributed by atoms with Gasteiger partial charge in [0, 0.05) is 5.69 Å². The Morgan fingerprint density at radius 1 is 0.958 bits per heavy atom. The van der Waals surface area contributed by atoms with Crippen molar-refractivity contribution >= 4 is 11.6 Å². The minimum Gasteiger partial charge on any atom is -0.457 e. The quantitative estimate of drug-likeness (QED) is 0.895. The van der Waals surface area contributed by atoms with E-state index in [1.54, 1.807) is 0 Å². The molecule has 126 valence electrons. The van der Waals surface area contributed by atoms with Crippen LogP contribution >= 0.6 is 0 Å². The molecule has 1 aliphatic rings. The summed E-state index contributed by atoms with van der Waals surface area (Å²) in [6, 6.07) is 15.4. The van der Waals surface area contributed by atoms with E-state index in [4.69, 9.17) is 4.74 Å². The molecular weight excluding hydrogens is 300 g/mol. The lowest BCUT2D eigenvalue weighted by molar-refractivity contribution is -0.117. The monoisotopic (exact) mass is 324 g/mol. The van der Waals surface area contributed by atoms with E-state index < -0.39 is 0 Å². The predicted octanol–water partition coefficient (Wildman–Crippen LogP) is 4.21. The summed E-state index contributed by atoms with van der Waals surface area (Å²) in [6.45, 7) is 4.57. The van der Waals surface area contributed by atoms with Crippen molar-refractivity contribution < 1.29 is 9.53 Å². The van der Waals surface area contributed by atoms with Crippen molar-refractivity contribution in [3.05, 3.63) is 54.1 Å². The zero-order valence-corrected chi connectivity index (χ0v) is 14.1. The normalized spacial score (nSPS) is 15.0. The third-order valence-electron chi connectivity index (χ3n) is 4.21. The number of rotatable bonds is 5. The number of piperidine rings is 1. The molecular formula is C20H24N2O2. The van der Waals surface area contributed by atoms with Gasteiger partial charge in [0.25, 0.3) is 0 Å². The molecule has 24 heavy (non-hydrogen) atoms. The molecule has 0 saturated carbocycles. The molecule has 0 unspecified atom stereocenters. The van der Waals surface area contributed by atoms with Crippen LogP contribution in [0.4, 0.5) is 5.69 Å². The number of anilines is 1. The second-order valence-electron chi connectivity index (χ2n) is 6.32. The highest BCUT2D eigenvalue weighted by Gasteiger charge is 2.13. The van der Waals surface area contributed by atoms with Crippen LogP contribution in [0.15, 0.2) is 48.5 Å². The van der Waals surface area contributed by atoms with E-state index in [-0.39, 0.29) is 5.91 Å². The summed E-state index contributed by atoms with van der Waals surface area (Å²) in [5, 5.41) is 2.95. The highest BCUT2D eigenvalue weighted by Crippen LogP contribution is 2.23. The molecule has 0 aliphatic carbocycles. The van der Waals surface area contributed by atoms with Crippen LogP contribution in [-0.4, -0.2) is 30.4 Å². The molecule has 0 aromatic heterocycles. The number of carbonyl (C=O) groups excluding carboxylic acids is 1. The third-order valence-corrected chi connectivity index (χ3v) is 4.21. The molecule has 0 atom stereocenters. The van der Waals surface area contributed by atoms with Crippen LogP contribution in [0.25, 0.3) is 0 Å². The van der Waals surface area contributed by atoms with Crippen molar-refractivity contribution in [2.24, 2.45) is 0 Å². The molecule has 3 rings (SSSR count). The van der Waals surface area contributed by atoms with Gasteiger partial charge in [-0.3, -0.25) is 9.69 Å². The fraction of sp³-hybridized carbons (Fsp3) is 0.350. The van der Waals surface area contributed by atoms with Crippen molar-refractivity contribution in [2.45, 2.75) is 26.2 Å². The Morgan fingerprint density at radius 2 is 1.54 bits per heavy atom. The van der Waals surface area contributed by atoms with Crippen LogP contribution in [0, 0.1) is 6.92 Å². The largest absolute Gasteiger partial charge is 0.457 e. The Bertz CT molecular complexity index is 659. The molecule has 0 spiro atoms. The summed E-state index contributed by atoms with van der Waals surface area (Å²) in [4.78, 5) is 14.3. The fourth-order valence-electron chi connectivity index (χ4n) is 2.87. The lowest BCUT2D eigenvalue weighted by Crippen LogP contribution is -2.36. The zero-order valence-electron chi connectivity index (χ0n) is 14.1. The minimum absolute atomic E-state index is 0.0455. The highest BCUT2D eigenvalue weighted by molar-refractivity contribution is 5.92. The number of nitrogens with zero attached hydrogens (tertiary/aromatic N) is 1. The van der Waals surface area contributed by atoms with Gasteiger partial charge >= 0.3 is 0 Å². The summed E-state index contributed by atoms with van der Waals surface area (Å²) in [7, 11) is 0. The van der Waals surface area contributed by atoms with Gasteiger partial charge in [0.1, 0.15) is 11.5 Å². The van der Waals surface area contributed by atoms with Gasteiger partial charge in [-0.2, -0.15) is 0 Å². The van der Waals surface area contributed by atoms with Gasteiger partial charge in [-0.05, 0) is 69.3 Å². The number of likely N-dealkylation sites (tertiary alicyclic amines) is 1. The molecule has 4 heteroatoms. The van der Waals surface area contributed by atoms with E-state index in [0.717, 1.165) is 30.3 Å². The highest BCUT2D eigenvalue weighted by atomic mass is 16.5. The van der Waals surface area contributed by atoms with E-state index in [9.17, 15) is 4.79 Å². The van der Waals surface area contributed by atoms with E-state index >= 15 is 0 Å². The zero-order chi connectivity index (χ0) is 16.8. The summed E-state index contributed by atoms with van der Waals surface area (Å²) in [5.74, 6) is 1.61. The Kier molecular flexibility index (Phi) is 5.49. The average Bonchev–Trinajstić information content (AvgIpc) is 2.59. The maximum absolute atomic E-state index is 12.1. The van der Waals surface area contributed by atoms with Gasteiger partial charge in [-0.1, -0.05) is 24.1 Å². The predicted molar refractivity (Wildman–Crippen MR) is 96.6 cm³/mol. The van der Waals surface area contributed by atoms with Crippen molar-refractivity contribution in [1.29, 1.82) is 0 Å². The molecule has 0 bridgehead atoms. The van der Waals surface area contributed by atoms with Crippen LogP contribution in [0.3, 0.4) is 0 Å². The smallest absolute Gasteiger partial charge is 0.238 e. The SMILES string of the molecule is Cc1ccc(Oc2ccc(NC(=O)CN3CCCCC3)cc2)cc1. The van der Waals surface area contributed by atoms with Crippen LogP contribution in [0.5, 0.6) is 11.5 Å². The number of amides is 1. The average molecular weight is 324 g/mol. The standard InChI is InChI=1S/C20H24N2O2/c1-16-5-9-18(10-6-16)24-19-11-7-17(8-12-19)21-20(23)15-22-13-3-2-4-14-22/h5-12H,2-4,13-15H2,1H3,(H,21,23). The first-order valence-electron chi connectivity index (χ1n) is 8.56. The van der Waals surface area contributed by atoms with Gasteiger partial charge in [0.2, 0.25) is 5.91 Å². The van der Waals surface area contributed by atoms with Crippen LogP contribution in [0.1, 0.15) is 24.8 Å². The van der Waals surface area contributed by atoms with E-state index in [2.05, 4.69) is 10.2 Å². The van der Waals surface area contributed by atoms with Crippen molar-refractivity contribution in [3.63, 3.8) is 0 Å². The van der Waals surface area contributed by atoms with Crippen LogP contribution < -0.4 is 10.1 Å². The van der Waals surface area contributed by atoms with Gasteiger partial charge in [-0.15, -0.1) is 0 Å². The minimum atomic E-state index is 0.0455. The second kappa shape index (κ2) is 7.97. The molecule has 1 amide bonds. The number of aryl methyl sites for hydroxylation is 1. The lowest BCUT2D eigenvalue weighted by atomic mass is 10.1. The summed E-state index contributed by atoms with van der Waals surface area (Å²) in [5.41, 5.74) is 2.00. The number of benzene rings is 2. The molecule has 0 radical (unpaired) electrons.